The summed E-state index contributed by atoms with van der Waals surface area (Å²) < 4.78 is 0. The molecule has 0 fully saturated rings. The van der Waals surface area contributed by atoms with Crippen molar-refractivity contribution in [3.63, 3.8) is 0 Å². The van der Waals surface area contributed by atoms with Crippen LogP contribution in [0, 0.1) is 0 Å². The summed E-state index contributed by atoms with van der Waals surface area (Å²) in [7, 11) is 0. The fourth-order valence-corrected chi connectivity index (χ4v) is 1.31. The van der Waals surface area contributed by atoms with Crippen LogP contribution in [0.5, 0.6) is 0 Å². The van der Waals surface area contributed by atoms with E-state index in [1.165, 1.54) is 11.3 Å². The van der Waals surface area contributed by atoms with Gasteiger partial charge in [-0.05, 0) is 0 Å². The zero-order valence-corrected chi connectivity index (χ0v) is 6.82. The summed E-state index contributed by atoms with van der Waals surface area (Å²) in [6.45, 7) is 0. The van der Waals surface area contributed by atoms with E-state index in [2.05, 4.69) is 20.2 Å². The maximum Gasteiger partial charge on any atom is 0.240 e. The van der Waals surface area contributed by atoms with Gasteiger partial charge in [0, 0.05) is 6.20 Å². The van der Waals surface area contributed by atoms with Crippen LogP contribution in [0.1, 0.15) is 0 Å². The van der Waals surface area contributed by atoms with Crippen LogP contribution in [0.25, 0.3) is 10.6 Å². The summed E-state index contributed by atoms with van der Waals surface area (Å²) in [5.74, 6) is 0.184. The molecular weight excluding hydrogens is 174 g/mol. The van der Waals surface area contributed by atoms with Gasteiger partial charge in [0.1, 0.15) is 5.69 Å². The topological polar surface area (TPSA) is 77.6 Å². The van der Waals surface area contributed by atoms with Crippen LogP contribution in [0.4, 0.5) is 5.95 Å². The third-order valence-electron chi connectivity index (χ3n) is 1.26. The normalized spacial score (nSPS) is 10.0. The molecule has 0 saturated heterocycles. The fourth-order valence-electron chi connectivity index (χ4n) is 0.739. The van der Waals surface area contributed by atoms with E-state index in [1.54, 1.807) is 17.9 Å². The zero-order chi connectivity index (χ0) is 8.39. The highest BCUT2D eigenvalue weighted by molar-refractivity contribution is 7.13. The number of anilines is 1. The van der Waals surface area contributed by atoms with Crippen LogP contribution in [0.3, 0.4) is 0 Å². The Hall–Kier alpha value is -1.56. The molecule has 2 N–H and O–H groups in total. The number of rotatable bonds is 1. The van der Waals surface area contributed by atoms with E-state index in [4.69, 9.17) is 5.73 Å². The third kappa shape index (κ3) is 1.24. The lowest BCUT2D eigenvalue weighted by atomic mass is 10.4. The number of hydrogen-bond acceptors (Lipinski definition) is 6. The molecule has 6 heteroatoms. The highest BCUT2D eigenvalue weighted by Crippen LogP contribution is 2.18. The van der Waals surface area contributed by atoms with Gasteiger partial charge in [0.05, 0.1) is 16.6 Å². The second kappa shape index (κ2) is 2.82. The van der Waals surface area contributed by atoms with Crippen LogP contribution in [0.15, 0.2) is 17.9 Å². The lowest BCUT2D eigenvalue weighted by molar-refractivity contribution is 0.995. The van der Waals surface area contributed by atoms with Crippen molar-refractivity contribution in [2.75, 3.05) is 5.73 Å². The van der Waals surface area contributed by atoms with Gasteiger partial charge in [0.15, 0.2) is 0 Å². The van der Waals surface area contributed by atoms with Gasteiger partial charge >= 0.3 is 0 Å². The van der Waals surface area contributed by atoms with Crippen LogP contribution >= 0.6 is 11.3 Å². The van der Waals surface area contributed by atoms with Crippen LogP contribution in [-0.4, -0.2) is 20.2 Å². The minimum Gasteiger partial charge on any atom is -0.366 e. The summed E-state index contributed by atoms with van der Waals surface area (Å²) in [6, 6.07) is 0. The number of thiazole rings is 1. The molecule has 0 aliphatic carbocycles. The molecular formula is C6H5N5S. The highest BCUT2D eigenvalue weighted by Gasteiger charge is 2.01. The standard InChI is InChI=1S/C6H5N5S/c7-6-9-1-4(10-11-6)5-2-8-3-12-5/h1-3H,(H2,7,9,11). The van der Waals surface area contributed by atoms with Crippen molar-refractivity contribution in [3.05, 3.63) is 17.9 Å². The van der Waals surface area contributed by atoms with E-state index >= 15 is 0 Å². The SMILES string of the molecule is Nc1ncc(-c2cncs2)nn1. The largest absolute Gasteiger partial charge is 0.366 e. The van der Waals surface area contributed by atoms with E-state index in [1.807, 2.05) is 0 Å². The molecule has 0 aliphatic rings. The summed E-state index contributed by atoms with van der Waals surface area (Å²) in [6.07, 6.45) is 3.29. The minimum absolute atomic E-state index is 0.184. The first-order valence-corrected chi connectivity index (χ1v) is 4.08. The summed E-state index contributed by atoms with van der Waals surface area (Å²) in [4.78, 5) is 8.67. The van der Waals surface area contributed by atoms with Crippen molar-refractivity contribution in [2.45, 2.75) is 0 Å². The van der Waals surface area contributed by atoms with Gasteiger partial charge in [-0.15, -0.1) is 21.5 Å². The van der Waals surface area contributed by atoms with Crippen LogP contribution in [0.2, 0.25) is 0 Å². The van der Waals surface area contributed by atoms with Crippen molar-refractivity contribution in [2.24, 2.45) is 0 Å². The molecule has 0 bridgehead atoms. The maximum atomic E-state index is 5.28. The molecule has 0 unspecified atom stereocenters. The van der Waals surface area contributed by atoms with Gasteiger partial charge in [-0.3, -0.25) is 4.98 Å². The molecule has 2 aromatic rings. The van der Waals surface area contributed by atoms with Gasteiger partial charge in [-0.25, -0.2) is 4.98 Å². The van der Waals surface area contributed by atoms with Crippen LogP contribution in [-0.2, 0) is 0 Å². The molecule has 0 saturated carbocycles. The van der Waals surface area contributed by atoms with Crippen LogP contribution < -0.4 is 5.73 Å². The monoisotopic (exact) mass is 179 g/mol. The Kier molecular flexibility index (Phi) is 1.67. The Labute approximate surface area is 72.3 Å². The molecule has 0 aromatic carbocycles. The maximum absolute atomic E-state index is 5.28. The Morgan fingerprint density at radius 3 is 2.75 bits per heavy atom. The Balaban J connectivity index is 2.43. The van der Waals surface area contributed by atoms with Crippen molar-refractivity contribution < 1.29 is 0 Å². The third-order valence-corrected chi connectivity index (χ3v) is 2.06. The lowest BCUT2D eigenvalue weighted by Crippen LogP contribution is -1.96. The first-order valence-electron chi connectivity index (χ1n) is 3.20. The second-order valence-corrected chi connectivity index (χ2v) is 2.95. The van der Waals surface area contributed by atoms with E-state index in [0.29, 0.717) is 5.69 Å². The molecule has 2 aromatic heterocycles. The molecule has 0 atom stereocenters. The van der Waals surface area contributed by atoms with Gasteiger partial charge in [0.2, 0.25) is 5.95 Å². The minimum atomic E-state index is 0.184. The van der Waals surface area contributed by atoms with E-state index < -0.39 is 0 Å². The molecule has 0 spiro atoms. The molecule has 0 aliphatic heterocycles. The number of aromatic nitrogens is 4. The van der Waals surface area contributed by atoms with Gasteiger partial charge in [0.25, 0.3) is 0 Å². The quantitative estimate of drug-likeness (QED) is 0.692. The van der Waals surface area contributed by atoms with Gasteiger partial charge in [-0.2, -0.15) is 0 Å². The molecule has 0 amide bonds. The second-order valence-electron chi connectivity index (χ2n) is 2.07. The highest BCUT2D eigenvalue weighted by atomic mass is 32.1. The number of hydrogen-bond donors (Lipinski definition) is 1. The zero-order valence-electron chi connectivity index (χ0n) is 6.01. The number of nitrogen functional groups attached to an aromatic ring is 1. The molecule has 2 heterocycles. The first-order chi connectivity index (χ1) is 5.86. The summed E-state index contributed by atoms with van der Waals surface area (Å²) in [5, 5.41) is 7.48. The predicted molar refractivity (Wildman–Crippen MR) is 45.3 cm³/mol. The predicted octanol–water partition coefficient (Wildman–Crippen LogP) is 0.577. The molecule has 12 heavy (non-hydrogen) atoms. The number of nitrogens with two attached hydrogens (primary N) is 1. The van der Waals surface area contributed by atoms with Gasteiger partial charge < -0.3 is 5.73 Å². The molecule has 0 radical (unpaired) electrons. The fraction of sp³-hybridized carbons (Fsp3) is 0. The first kappa shape index (κ1) is 7.11. The average Bonchev–Trinajstić information content (AvgIpc) is 2.58. The molecule has 60 valence electrons. The molecule has 5 nitrogen and oxygen atoms in total. The molecule has 2 rings (SSSR count). The average molecular weight is 179 g/mol. The van der Waals surface area contributed by atoms with E-state index in [0.717, 1.165) is 4.88 Å². The van der Waals surface area contributed by atoms with E-state index in [9.17, 15) is 0 Å². The van der Waals surface area contributed by atoms with Crippen molar-refractivity contribution >= 4 is 17.3 Å². The van der Waals surface area contributed by atoms with Crippen molar-refractivity contribution in [3.8, 4) is 10.6 Å². The summed E-state index contributed by atoms with van der Waals surface area (Å²) >= 11 is 1.49. The van der Waals surface area contributed by atoms with Crippen molar-refractivity contribution in [1.82, 2.24) is 20.2 Å². The Bertz CT molecular complexity index is 354. The summed E-state index contributed by atoms with van der Waals surface area (Å²) in [5.41, 5.74) is 7.71. The Morgan fingerprint density at radius 1 is 1.25 bits per heavy atom. The number of nitrogens with zero attached hydrogens (tertiary/aromatic N) is 4. The lowest BCUT2D eigenvalue weighted by Gasteiger charge is -1.92. The van der Waals surface area contributed by atoms with Gasteiger partial charge in [-0.1, -0.05) is 0 Å². The smallest absolute Gasteiger partial charge is 0.240 e. The van der Waals surface area contributed by atoms with Crippen molar-refractivity contribution in [1.29, 1.82) is 0 Å². The van der Waals surface area contributed by atoms with E-state index in [-0.39, 0.29) is 5.95 Å². The Morgan fingerprint density at radius 2 is 2.17 bits per heavy atom.